The monoisotopic (exact) mass is 232 g/mol. The summed E-state index contributed by atoms with van der Waals surface area (Å²) in [5, 5.41) is 8.18. The summed E-state index contributed by atoms with van der Waals surface area (Å²) in [6.45, 7) is 4.69. The lowest BCUT2D eigenvalue weighted by atomic mass is 10.1. The van der Waals surface area contributed by atoms with Gasteiger partial charge in [-0.1, -0.05) is 30.3 Å². The van der Waals surface area contributed by atoms with E-state index in [0.29, 0.717) is 11.9 Å². The molecule has 1 aromatic rings. The van der Waals surface area contributed by atoms with E-state index in [0.717, 1.165) is 38.1 Å². The SMILES string of the molecule is CCOC1CCN(C(=N)c2ccccc2)CC1. The fourth-order valence-electron chi connectivity index (χ4n) is 2.26. The van der Waals surface area contributed by atoms with Crippen LogP contribution in [0.5, 0.6) is 0 Å². The number of nitrogens with zero attached hydrogens (tertiary/aromatic N) is 1. The molecule has 1 aromatic carbocycles. The molecular formula is C14H20N2O. The molecule has 92 valence electrons. The molecule has 0 atom stereocenters. The van der Waals surface area contributed by atoms with Gasteiger partial charge in [0.1, 0.15) is 5.84 Å². The van der Waals surface area contributed by atoms with Gasteiger partial charge in [0.2, 0.25) is 0 Å². The topological polar surface area (TPSA) is 36.3 Å². The third kappa shape index (κ3) is 3.07. The van der Waals surface area contributed by atoms with Crippen LogP contribution >= 0.6 is 0 Å². The molecule has 0 radical (unpaired) electrons. The van der Waals surface area contributed by atoms with E-state index >= 15 is 0 Å². The number of rotatable bonds is 3. The first-order valence-corrected chi connectivity index (χ1v) is 6.31. The molecule has 17 heavy (non-hydrogen) atoms. The third-order valence-corrected chi connectivity index (χ3v) is 3.21. The van der Waals surface area contributed by atoms with E-state index in [4.69, 9.17) is 10.1 Å². The lowest BCUT2D eigenvalue weighted by molar-refractivity contribution is 0.0269. The van der Waals surface area contributed by atoms with Crippen LogP contribution in [0.3, 0.4) is 0 Å². The molecule has 0 saturated carbocycles. The number of ether oxygens (including phenoxy) is 1. The molecule has 1 fully saturated rings. The van der Waals surface area contributed by atoms with Crippen LogP contribution in [0.15, 0.2) is 30.3 Å². The number of likely N-dealkylation sites (tertiary alicyclic amines) is 1. The van der Waals surface area contributed by atoms with Crippen molar-refractivity contribution in [1.29, 1.82) is 5.41 Å². The van der Waals surface area contributed by atoms with Gasteiger partial charge < -0.3 is 9.64 Å². The van der Waals surface area contributed by atoms with Crippen LogP contribution in [-0.4, -0.2) is 36.5 Å². The van der Waals surface area contributed by atoms with E-state index in [1.54, 1.807) is 0 Å². The maximum Gasteiger partial charge on any atom is 0.128 e. The Morgan fingerprint density at radius 1 is 1.29 bits per heavy atom. The van der Waals surface area contributed by atoms with Gasteiger partial charge in [0.15, 0.2) is 0 Å². The van der Waals surface area contributed by atoms with Crippen molar-refractivity contribution in [3.63, 3.8) is 0 Å². The van der Waals surface area contributed by atoms with Gasteiger partial charge >= 0.3 is 0 Å². The molecule has 0 aliphatic carbocycles. The van der Waals surface area contributed by atoms with Crippen molar-refractivity contribution in [3.05, 3.63) is 35.9 Å². The van der Waals surface area contributed by atoms with Crippen LogP contribution in [0.2, 0.25) is 0 Å². The van der Waals surface area contributed by atoms with Gasteiger partial charge in [-0.25, -0.2) is 0 Å². The number of hydrogen-bond acceptors (Lipinski definition) is 2. The Hall–Kier alpha value is -1.35. The number of amidine groups is 1. The average Bonchev–Trinajstić information content (AvgIpc) is 2.40. The van der Waals surface area contributed by atoms with Crippen molar-refractivity contribution in [2.24, 2.45) is 0 Å². The van der Waals surface area contributed by atoms with Crippen LogP contribution in [0, 0.1) is 5.41 Å². The molecule has 0 aromatic heterocycles. The van der Waals surface area contributed by atoms with E-state index in [9.17, 15) is 0 Å². The summed E-state index contributed by atoms with van der Waals surface area (Å²) in [6, 6.07) is 9.94. The zero-order chi connectivity index (χ0) is 12.1. The highest BCUT2D eigenvalue weighted by Crippen LogP contribution is 2.16. The highest BCUT2D eigenvalue weighted by molar-refractivity contribution is 5.96. The van der Waals surface area contributed by atoms with Crippen LogP contribution < -0.4 is 0 Å². The normalized spacial score (nSPS) is 17.1. The van der Waals surface area contributed by atoms with Crippen molar-refractivity contribution < 1.29 is 4.74 Å². The maximum atomic E-state index is 8.18. The van der Waals surface area contributed by atoms with E-state index in [1.165, 1.54) is 0 Å². The van der Waals surface area contributed by atoms with E-state index in [1.807, 2.05) is 37.3 Å². The predicted octanol–water partition coefficient (Wildman–Crippen LogP) is 2.51. The van der Waals surface area contributed by atoms with Crippen LogP contribution in [0.25, 0.3) is 0 Å². The summed E-state index contributed by atoms with van der Waals surface area (Å²) < 4.78 is 5.62. The second-order valence-corrected chi connectivity index (χ2v) is 4.36. The van der Waals surface area contributed by atoms with E-state index in [2.05, 4.69) is 4.90 Å². The minimum Gasteiger partial charge on any atom is -0.378 e. The first kappa shape index (κ1) is 12.1. The average molecular weight is 232 g/mol. The van der Waals surface area contributed by atoms with Crippen LogP contribution in [0.4, 0.5) is 0 Å². The third-order valence-electron chi connectivity index (χ3n) is 3.21. The summed E-state index contributed by atoms with van der Waals surface area (Å²) in [5.74, 6) is 0.639. The molecule has 0 unspecified atom stereocenters. The van der Waals surface area contributed by atoms with Crippen molar-refractivity contribution >= 4 is 5.84 Å². The molecular weight excluding hydrogens is 212 g/mol. The van der Waals surface area contributed by atoms with E-state index in [-0.39, 0.29) is 0 Å². The lowest BCUT2D eigenvalue weighted by Crippen LogP contribution is -2.40. The molecule has 1 aliphatic rings. The fourth-order valence-corrected chi connectivity index (χ4v) is 2.26. The molecule has 1 aliphatic heterocycles. The molecule has 1 heterocycles. The van der Waals surface area contributed by atoms with Crippen LogP contribution in [-0.2, 0) is 4.74 Å². The molecule has 3 nitrogen and oxygen atoms in total. The Kier molecular flexibility index (Phi) is 4.15. The van der Waals surface area contributed by atoms with Gasteiger partial charge in [-0.3, -0.25) is 5.41 Å². The van der Waals surface area contributed by atoms with Crippen molar-refractivity contribution in [3.8, 4) is 0 Å². The van der Waals surface area contributed by atoms with Gasteiger partial charge in [-0.2, -0.15) is 0 Å². The van der Waals surface area contributed by atoms with Gasteiger partial charge in [0, 0.05) is 25.3 Å². The van der Waals surface area contributed by atoms with Crippen molar-refractivity contribution in [2.75, 3.05) is 19.7 Å². The Morgan fingerprint density at radius 2 is 1.94 bits per heavy atom. The van der Waals surface area contributed by atoms with Crippen molar-refractivity contribution in [2.45, 2.75) is 25.9 Å². The molecule has 1 N–H and O–H groups in total. The smallest absolute Gasteiger partial charge is 0.128 e. The molecule has 0 bridgehead atoms. The Balaban J connectivity index is 1.91. The highest BCUT2D eigenvalue weighted by atomic mass is 16.5. The first-order chi connectivity index (χ1) is 8.31. The lowest BCUT2D eigenvalue weighted by Gasteiger charge is -2.33. The van der Waals surface area contributed by atoms with E-state index < -0.39 is 0 Å². The van der Waals surface area contributed by atoms with Crippen LogP contribution in [0.1, 0.15) is 25.3 Å². The summed E-state index contributed by atoms with van der Waals surface area (Å²) in [6.07, 6.45) is 2.45. The molecule has 0 spiro atoms. The van der Waals surface area contributed by atoms with Crippen molar-refractivity contribution in [1.82, 2.24) is 4.90 Å². The summed E-state index contributed by atoms with van der Waals surface area (Å²) in [4.78, 5) is 2.14. The predicted molar refractivity (Wildman–Crippen MR) is 69.5 cm³/mol. The van der Waals surface area contributed by atoms with Gasteiger partial charge in [-0.15, -0.1) is 0 Å². The number of nitrogens with one attached hydrogen (secondary N) is 1. The maximum absolute atomic E-state index is 8.18. The second-order valence-electron chi connectivity index (χ2n) is 4.36. The van der Waals surface area contributed by atoms with Gasteiger partial charge in [0.25, 0.3) is 0 Å². The zero-order valence-electron chi connectivity index (χ0n) is 10.4. The number of benzene rings is 1. The highest BCUT2D eigenvalue weighted by Gasteiger charge is 2.21. The Labute approximate surface area is 103 Å². The van der Waals surface area contributed by atoms with Gasteiger partial charge in [0.05, 0.1) is 6.10 Å². The second kappa shape index (κ2) is 5.82. The molecule has 1 saturated heterocycles. The summed E-state index contributed by atoms with van der Waals surface area (Å²) in [7, 11) is 0. The molecule has 0 amide bonds. The molecule has 2 rings (SSSR count). The largest absolute Gasteiger partial charge is 0.378 e. The standard InChI is InChI=1S/C14H20N2O/c1-2-17-13-8-10-16(11-9-13)14(15)12-6-4-3-5-7-12/h3-7,13,15H,2,8-11H2,1H3. The van der Waals surface area contributed by atoms with Gasteiger partial charge in [-0.05, 0) is 19.8 Å². The minimum atomic E-state index is 0.389. The summed E-state index contributed by atoms with van der Waals surface area (Å²) in [5.41, 5.74) is 1.00. The quantitative estimate of drug-likeness (QED) is 0.642. The minimum absolute atomic E-state index is 0.389. The Morgan fingerprint density at radius 3 is 2.53 bits per heavy atom. The Bertz CT molecular complexity index is 356. The molecule has 3 heteroatoms. The number of piperidine rings is 1. The summed E-state index contributed by atoms with van der Waals surface area (Å²) >= 11 is 0. The fraction of sp³-hybridized carbons (Fsp3) is 0.500. The zero-order valence-corrected chi connectivity index (χ0v) is 10.4. The first-order valence-electron chi connectivity index (χ1n) is 6.31. The number of hydrogen-bond donors (Lipinski definition) is 1.